The summed E-state index contributed by atoms with van der Waals surface area (Å²) in [7, 11) is 0. The van der Waals surface area contributed by atoms with Gasteiger partial charge in [0.05, 0.1) is 18.1 Å². The highest BCUT2D eigenvalue weighted by atomic mass is 16.6. The molecule has 0 saturated heterocycles. The molecular formula is C15H21N6O2-. The molecule has 0 aliphatic carbocycles. The molecule has 0 spiro atoms. The maximum absolute atomic E-state index is 12.1. The summed E-state index contributed by atoms with van der Waals surface area (Å²) in [4.78, 5) is 4.11. The van der Waals surface area contributed by atoms with Gasteiger partial charge in [-0.25, -0.2) is 4.99 Å². The second kappa shape index (κ2) is 7.68. The van der Waals surface area contributed by atoms with Gasteiger partial charge in [-0.15, -0.1) is 0 Å². The van der Waals surface area contributed by atoms with E-state index >= 15 is 0 Å². The standard InChI is InChI=1S/C15H22N6O2/c1-4-12(9-17)5-13-7-15(21(23)20-22,6-10(2)8-16)14(18)19-11(13)3/h10,12-13,18,22H,4-7H2,1-3H3/p-1/b18-14?,21-20-. The summed E-state index contributed by atoms with van der Waals surface area (Å²) >= 11 is 0. The lowest BCUT2D eigenvalue weighted by atomic mass is 9.74. The van der Waals surface area contributed by atoms with Crippen LogP contribution in [0.25, 0.3) is 0 Å². The van der Waals surface area contributed by atoms with Crippen LogP contribution in [0.2, 0.25) is 0 Å². The van der Waals surface area contributed by atoms with Crippen LogP contribution < -0.4 is 0 Å². The lowest BCUT2D eigenvalue weighted by Crippen LogP contribution is -2.52. The van der Waals surface area contributed by atoms with E-state index in [1.54, 1.807) is 13.8 Å². The van der Waals surface area contributed by atoms with Crippen molar-refractivity contribution >= 4 is 11.5 Å². The van der Waals surface area contributed by atoms with Gasteiger partial charge in [0.1, 0.15) is 0 Å². The summed E-state index contributed by atoms with van der Waals surface area (Å²) in [6.07, 6.45) is 1.35. The zero-order valence-corrected chi connectivity index (χ0v) is 13.6. The van der Waals surface area contributed by atoms with Gasteiger partial charge in [-0.2, -0.15) is 10.5 Å². The first kappa shape index (κ1) is 18.6. The molecule has 8 nitrogen and oxygen atoms in total. The number of nitrogens with zero attached hydrogens (tertiary/aromatic N) is 5. The van der Waals surface area contributed by atoms with Crippen LogP contribution in [0.5, 0.6) is 0 Å². The van der Waals surface area contributed by atoms with Crippen LogP contribution in [-0.2, 0) is 0 Å². The van der Waals surface area contributed by atoms with Gasteiger partial charge in [0, 0.05) is 30.4 Å². The highest BCUT2D eigenvalue weighted by molar-refractivity contribution is 6.03. The van der Waals surface area contributed by atoms with Crippen LogP contribution in [0.1, 0.15) is 46.5 Å². The topological polar surface area (TPSA) is 145 Å². The maximum Gasteiger partial charge on any atom is 0.258 e. The zero-order chi connectivity index (χ0) is 17.6. The fourth-order valence-electron chi connectivity index (χ4n) is 2.99. The molecule has 0 aromatic carbocycles. The minimum atomic E-state index is -1.53. The average molecular weight is 317 g/mol. The summed E-state index contributed by atoms with van der Waals surface area (Å²) in [6, 6.07) is 4.23. The molecule has 8 heteroatoms. The van der Waals surface area contributed by atoms with E-state index in [1.165, 1.54) is 0 Å². The van der Waals surface area contributed by atoms with Crippen molar-refractivity contribution < 1.29 is 4.86 Å². The third-order valence-corrected chi connectivity index (χ3v) is 4.45. The average Bonchev–Trinajstić information content (AvgIpc) is 2.55. The second-order valence-electron chi connectivity index (χ2n) is 6.09. The zero-order valence-electron chi connectivity index (χ0n) is 13.6. The van der Waals surface area contributed by atoms with Gasteiger partial charge in [-0.05, 0) is 32.0 Å². The normalized spacial score (nSPS) is 27.5. The third-order valence-electron chi connectivity index (χ3n) is 4.45. The molecule has 0 bridgehead atoms. The molecule has 1 aliphatic heterocycles. The molecular weight excluding hydrogens is 296 g/mol. The molecule has 4 atom stereocenters. The Labute approximate surface area is 135 Å². The van der Waals surface area contributed by atoms with Gasteiger partial charge in [0.25, 0.3) is 5.54 Å². The molecule has 0 fully saturated rings. The quantitative estimate of drug-likeness (QED) is 0.455. The van der Waals surface area contributed by atoms with Crippen LogP contribution in [0.3, 0.4) is 0 Å². The predicted molar refractivity (Wildman–Crippen MR) is 84.5 cm³/mol. The van der Waals surface area contributed by atoms with E-state index in [-0.39, 0.29) is 35.4 Å². The Morgan fingerprint density at radius 1 is 1.52 bits per heavy atom. The molecule has 23 heavy (non-hydrogen) atoms. The van der Waals surface area contributed by atoms with E-state index in [0.29, 0.717) is 18.6 Å². The lowest BCUT2D eigenvalue weighted by Gasteiger charge is -2.36. The smallest absolute Gasteiger partial charge is 0.258 e. The van der Waals surface area contributed by atoms with Crippen molar-refractivity contribution in [2.45, 2.75) is 52.0 Å². The van der Waals surface area contributed by atoms with Gasteiger partial charge in [-0.3, -0.25) is 5.41 Å². The van der Waals surface area contributed by atoms with Gasteiger partial charge < -0.3 is 10.4 Å². The minimum absolute atomic E-state index is 0.00813. The summed E-state index contributed by atoms with van der Waals surface area (Å²) in [5.41, 5.74) is -0.863. The Balaban J connectivity index is 3.24. The Kier molecular flexibility index (Phi) is 6.20. The molecule has 0 aromatic rings. The van der Waals surface area contributed by atoms with Crippen LogP contribution in [0.4, 0.5) is 0 Å². The molecule has 0 aromatic heterocycles. The van der Waals surface area contributed by atoms with Crippen molar-refractivity contribution in [2.75, 3.05) is 0 Å². The number of aliphatic imine (C=N–C) groups is 1. The number of amidine groups is 1. The molecule has 124 valence electrons. The fraction of sp³-hybridized carbons (Fsp3) is 0.733. The Bertz CT molecular complexity index is 600. The van der Waals surface area contributed by atoms with Crippen molar-refractivity contribution in [1.82, 2.24) is 0 Å². The van der Waals surface area contributed by atoms with E-state index in [2.05, 4.69) is 16.3 Å². The first-order valence-electron chi connectivity index (χ1n) is 7.58. The number of hydrogen-bond acceptors (Lipinski definition) is 6. The van der Waals surface area contributed by atoms with Gasteiger partial charge in [0.15, 0.2) is 5.84 Å². The molecule has 1 rings (SSSR count). The first-order chi connectivity index (χ1) is 10.8. The SMILES string of the molecule is CCC(C#N)CC1CC(CC(C)C#N)(/[N+]([O-])=N/[O-])C(=N)N=C1C. The van der Waals surface area contributed by atoms with Crippen molar-refractivity contribution in [3.05, 3.63) is 10.4 Å². The van der Waals surface area contributed by atoms with Crippen molar-refractivity contribution in [2.24, 2.45) is 28.0 Å². The summed E-state index contributed by atoms with van der Waals surface area (Å²) < 4.78 is 0. The maximum atomic E-state index is 12.1. The van der Waals surface area contributed by atoms with Crippen molar-refractivity contribution in [3.8, 4) is 12.1 Å². The van der Waals surface area contributed by atoms with Crippen molar-refractivity contribution in [3.63, 3.8) is 0 Å². The Morgan fingerprint density at radius 3 is 2.65 bits per heavy atom. The van der Waals surface area contributed by atoms with Crippen LogP contribution >= 0.6 is 0 Å². The Hall–Kier alpha value is -2.48. The van der Waals surface area contributed by atoms with E-state index < -0.39 is 11.5 Å². The minimum Gasteiger partial charge on any atom is -0.739 e. The number of hydrogen-bond donors (Lipinski definition) is 1. The fourth-order valence-corrected chi connectivity index (χ4v) is 2.99. The number of rotatable bonds is 6. The molecule has 1 aliphatic rings. The van der Waals surface area contributed by atoms with Gasteiger partial charge in [0.2, 0.25) is 0 Å². The van der Waals surface area contributed by atoms with E-state index in [4.69, 9.17) is 15.9 Å². The van der Waals surface area contributed by atoms with E-state index in [1.807, 2.05) is 13.0 Å². The van der Waals surface area contributed by atoms with Crippen LogP contribution in [-0.4, -0.2) is 21.9 Å². The highest BCUT2D eigenvalue weighted by Gasteiger charge is 2.51. The van der Waals surface area contributed by atoms with Gasteiger partial charge >= 0.3 is 0 Å². The second-order valence-corrected chi connectivity index (χ2v) is 6.09. The monoisotopic (exact) mass is 317 g/mol. The summed E-state index contributed by atoms with van der Waals surface area (Å²) in [5, 5.41) is 51.6. The highest BCUT2D eigenvalue weighted by Crippen LogP contribution is 2.37. The molecule has 0 radical (unpaired) electrons. The van der Waals surface area contributed by atoms with Crippen molar-refractivity contribution in [1.29, 1.82) is 15.9 Å². The van der Waals surface area contributed by atoms with E-state index in [0.717, 1.165) is 0 Å². The molecule has 1 N–H and O–H groups in total. The number of nitriles is 2. The van der Waals surface area contributed by atoms with Gasteiger partial charge in [-0.1, -0.05) is 11.8 Å². The summed E-state index contributed by atoms with van der Waals surface area (Å²) in [6.45, 7) is 5.28. The van der Waals surface area contributed by atoms with E-state index in [9.17, 15) is 10.4 Å². The Morgan fingerprint density at radius 2 is 2.17 bits per heavy atom. The number of nitrogens with one attached hydrogen (secondary N) is 1. The first-order valence-corrected chi connectivity index (χ1v) is 7.58. The predicted octanol–water partition coefficient (Wildman–Crippen LogP) is 3.13. The summed E-state index contributed by atoms with van der Waals surface area (Å²) in [5.74, 6) is -1.15. The largest absolute Gasteiger partial charge is 0.739 e. The molecule has 4 unspecified atom stereocenters. The third kappa shape index (κ3) is 3.84. The van der Waals surface area contributed by atoms with Crippen LogP contribution in [0, 0.1) is 56.2 Å². The molecule has 0 saturated carbocycles. The molecule has 1 heterocycles. The van der Waals surface area contributed by atoms with Crippen LogP contribution in [0.15, 0.2) is 10.3 Å². The lowest BCUT2D eigenvalue weighted by molar-refractivity contribution is -0.592. The molecule has 0 amide bonds. The number of hydroxylamine groups is 1.